The second kappa shape index (κ2) is 5.36. The Labute approximate surface area is 108 Å². The molecule has 0 bridgehead atoms. The SMILES string of the molecule is CNC(c1cncnc1)c1ccccc1C(F)(F)F. The first kappa shape index (κ1) is 13.5. The minimum absolute atomic E-state index is 0.160. The Bertz CT molecular complexity index is 540. The van der Waals surface area contributed by atoms with E-state index in [0.717, 1.165) is 6.07 Å². The van der Waals surface area contributed by atoms with Gasteiger partial charge in [0.2, 0.25) is 0 Å². The number of nitrogens with one attached hydrogen (secondary N) is 1. The van der Waals surface area contributed by atoms with Crippen molar-refractivity contribution in [3.8, 4) is 0 Å². The number of benzene rings is 1. The van der Waals surface area contributed by atoms with Crippen molar-refractivity contribution < 1.29 is 13.2 Å². The molecule has 1 N–H and O–H groups in total. The van der Waals surface area contributed by atoms with Gasteiger partial charge in [-0.15, -0.1) is 0 Å². The number of rotatable bonds is 3. The molecule has 1 atom stereocenters. The number of nitrogens with zero attached hydrogens (tertiary/aromatic N) is 2. The van der Waals surface area contributed by atoms with E-state index in [2.05, 4.69) is 15.3 Å². The highest BCUT2D eigenvalue weighted by Gasteiger charge is 2.35. The van der Waals surface area contributed by atoms with E-state index in [1.165, 1.54) is 30.9 Å². The fourth-order valence-corrected chi connectivity index (χ4v) is 1.97. The van der Waals surface area contributed by atoms with E-state index in [1.807, 2.05) is 0 Å². The van der Waals surface area contributed by atoms with Gasteiger partial charge in [0.1, 0.15) is 6.33 Å². The van der Waals surface area contributed by atoms with Crippen LogP contribution in [0.4, 0.5) is 13.2 Å². The lowest BCUT2D eigenvalue weighted by Crippen LogP contribution is -2.22. The molecule has 1 aromatic heterocycles. The summed E-state index contributed by atoms with van der Waals surface area (Å²) in [6.07, 6.45) is -0.0458. The minimum atomic E-state index is -4.39. The van der Waals surface area contributed by atoms with Gasteiger partial charge in [0.25, 0.3) is 0 Å². The standard InChI is InChI=1S/C13H12F3N3/c1-17-12(9-6-18-8-19-7-9)10-4-2-3-5-11(10)13(14,15)16/h2-8,12,17H,1H3. The van der Waals surface area contributed by atoms with Crippen molar-refractivity contribution in [1.29, 1.82) is 0 Å². The molecule has 0 saturated carbocycles. The van der Waals surface area contributed by atoms with E-state index in [-0.39, 0.29) is 5.56 Å². The van der Waals surface area contributed by atoms with Gasteiger partial charge in [-0.2, -0.15) is 13.2 Å². The molecule has 0 radical (unpaired) electrons. The van der Waals surface area contributed by atoms with Gasteiger partial charge < -0.3 is 5.32 Å². The first-order chi connectivity index (χ1) is 9.04. The Balaban J connectivity index is 2.51. The molecule has 1 heterocycles. The quantitative estimate of drug-likeness (QED) is 0.929. The molecule has 0 spiro atoms. The van der Waals surface area contributed by atoms with E-state index in [9.17, 15) is 13.2 Å². The summed E-state index contributed by atoms with van der Waals surface area (Å²) in [5.41, 5.74) is 0.0900. The lowest BCUT2D eigenvalue weighted by atomic mass is 9.96. The van der Waals surface area contributed by atoms with Crippen LogP contribution in [0.25, 0.3) is 0 Å². The summed E-state index contributed by atoms with van der Waals surface area (Å²) in [7, 11) is 1.60. The highest BCUT2D eigenvalue weighted by molar-refractivity contribution is 5.37. The Hall–Kier alpha value is -1.95. The maximum Gasteiger partial charge on any atom is 0.416 e. The number of halogens is 3. The number of alkyl halides is 3. The molecule has 2 rings (SSSR count). The highest BCUT2D eigenvalue weighted by Crippen LogP contribution is 2.35. The Morgan fingerprint density at radius 3 is 2.32 bits per heavy atom. The predicted molar refractivity (Wildman–Crippen MR) is 64.4 cm³/mol. The summed E-state index contributed by atoms with van der Waals surface area (Å²) in [4.78, 5) is 7.68. The maximum atomic E-state index is 13.0. The molecule has 2 aromatic rings. The largest absolute Gasteiger partial charge is 0.416 e. The summed E-state index contributed by atoms with van der Waals surface area (Å²) in [5.74, 6) is 0. The zero-order valence-corrected chi connectivity index (χ0v) is 10.1. The van der Waals surface area contributed by atoms with Crippen LogP contribution in [0.2, 0.25) is 0 Å². The van der Waals surface area contributed by atoms with Crippen molar-refractivity contribution in [3.05, 3.63) is 59.7 Å². The first-order valence-corrected chi connectivity index (χ1v) is 5.62. The van der Waals surface area contributed by atoms with Gasteiger partial charge in [0.05, 0.1) is 11.6 Å². The molecule has 3 nitrogen and oxygen atoms in total. The fourth-order valence-electron chi connectivity index (χ4n) is 1.97. The van der Waals surface area contributed by atoms with Crippen LogP contribution < -0.4 is 5.32 Å². The van der Waals surface area contributed by atoms with Gasteiger partial charge in [-0.25, -0.2) is 9.97 Å². The van der Waals surface area contributed by atoms with Crippen molar-refractivity contribution in [2.75, 3.05) is 7.05 Å². The molecule has 0 aliphatic carbocycles. The van der Waals surface area contributed by atoms with Crippen LogP contribution in [0.1, 0.15) is 22.7 Å². The van der Waals surface area contributed by atoms with Crippen molar-refractivity contribution in [2.45, 2.75) is 12.2 Å². The zero-order valence-electron chi connectivity index (χ0n) is 10.1. The van der Waals surface area contributed by atoms with E-state index in [4.69, 9.17) is 0 Å². The smallest absolute Gasteiger partial charge is 0.309 e. The van der Waals surface area contributed by atoms with E-state index in [1.54, 1.807) is 13.1 Å². The molecule has 0 amide bonds. The van der Waals surface area contributed by atoms with Crippen LogP contribution >= 0.6 is 0 Å². The first-order valence-electron chi connectivity index (χ1n) is 5.62. The van der Waals surface area contributed by atoms with Crippen molar-refractivity contribution in [1.82, 2.24) is 15.3 Å². The summed E-state index contributed by atoms with van der Waals surface area (Å²) in [5, 5.41) is 2.87. The molecule has 6 heteroatoms. The average Bonchev–Trinajstić information content (AvgIpc) is 2.40. The summed E-state index contributed by atoms with van der Waals surface area (Å²) >= 11 is 0. The number of aromatic nitrogens is 2. The third-order valence-corrected chi connectivity index (χ3v) is 2.78. The lowest BCUT2D eigenvalue weighted by Gasteiger charge is -2.21. The van der Waals surface area contributed by atoms with Crippen LogP contribution in [0.5, 0.6) is 0 Å². The third-order valence-electron chi connectivity index (χ3n) is 2.78. The maximum absolute atomic E-state index is 13.0. The summed E-state index contributed by atoms with van der Waals surface area (Å²) in [6, 6.07) is 4.89. The molecule has 0 aliphatic rings. The van der Waals surface area contributed by atoms with Crippen LogP contribution in [-0.2, 0) is 6.18 Å². The van der Waals surface area contributed by atoms with Crippen LogP contribution in [0, 0.1) is 0 Å². The Morgan fingerprint density at radius 1 is 1.11 bits per heavy atom. The predicted octanol–water partition coefficient (Wildman–Crippen LogP) is 2.80. The molecular formula is C13H12F3N3. The fraction of sp³-hybridized carbons (Fsp3) is 0.231. The van der Waals surface area contributed by atoms with Crippen LogP contribution in [0.3, 0.4) is 0 Å². The third kappa shape index (κ3) is 2.90. The van der Waals surface area contributed by atoms with E-state index in [0.29, 0.717) is 5.56 Å². The molecule has 100 valence electrons. The molecule has 19 heavy (non-hydrogen) atoms. The molecular weight excluding hydrogens is 255 g/mol. The van der Waals surface area contributed by atoms with Gasteiger partial charge in [-0.05, 0) is 18.7 Å². The topological polar surface area (TPSA) is 37.8 Å². The molecule has 1 aromatic carbocycles. The van der Waals surface area contributed by atoms with Gasteiger partial charge >= 0.3 is 6.18 Å². The van der Waals surface area contributed by atoms with Gasteiger partial charge in [0.15, 0.2) is 0 Å². The molecule has 0 fully saturated rings. The Kier molecular flexibility index (Phi) is 3.80. The van der Waals surface area contributed by atoms with Crippen LogP contribution in [-0.4, -0.2) is 17.0 Å². The van der Waals surface area contributed by atoms with Crippen LogP contribution in [0.15, 0.2) is 43.0 Å². The average molecular weight is 267 g/mol. The van der Waals surface area contributed by atoms with Crippen molar-refractivity contribution in [3.63, 3.8) is 0 Å². The lowest BCUT2D eigenvalue weighted by molar-refractivity contribution is -0.138. The van der Waals surface area contributed by atoms with E-state index < -0.39 is 17.8 Å². The zero-order chi connectivity index (χ0) is 13.9. The normalized spacial score (nSPS) is 13.3. The molecule has 0 aliphatic heterocycles. The van der Waals surface area contributed by atoms with Gasteiger partial charge in [-0.3, -0.25) is 0 Å². The molecule has 1 unspecified atom stereocenters. The summed E-state index contributed by atoms with van der Waals surface area (Å²) < 4.78 is 39.0. The summed E-state index contributed by atoms with van der Waals surface area (Å²) in [6.45, 7) is 0. The molecule has 0 saturated heterocycles. The van der Waals surface area contributed by atoms with Gasteiger partial charge in [0, 0.05) is 18.0 Å². The second-order valence-electron chi connectivity index (χ2n) is 3.98. The van der Waals surface area contributed by atoms with Crippen molar-refractivity contribution >= 4 is 0 Å². The van der Waals surface area contributed by atoms with Gasteiger partial charge in [-0.1, -0.05) is 18.2 Å². The Morgan fingerprint density at radius 2 is 1.74 bits per heavy atom. The number of hydrogen-bond acceptors (Lipinski definition) is 3. The minimum Gasteiger partial charge on any atom is -0.309 e. The van der Waals surface area contributed by atoms with E-state index >= 15 is 0 Å². The second-order valence-corrected chi connectivity index (χ2v) is 3.98. The van der Waals surface area contributed by atoms with Crippen molar-refractivity contribution in [2.24, 2.45) is 0 Å². The highest BCUT2D eigenvalue weighted by atomic mass is 19.4. The monoisotopic (exact) mass is 267 g/mol. The number of hydrogen-bond donors (Lipinski definition) is 1.